The van der Waals surface area contributed by atoms with Gasteiger partial charge in [0, 0.05) is 18.3 Å². The Kier molecular flexibility index (Phi) is 6.99. The lowest BCUT2D eigenvalue weighted by Crippen LogP contribution is -2.42. The second-order valence-corrected chi connectivity index (χ2v) is 7.71. The smallest absolute Gasteiger partial charge is 0.319 e. The Hall–Kier alpha value is -1.64. The maximum absolute atomic E-state index is 11.9. The molecule has 0 aromatic heterocycles. The molecule has 1 aromatic rings. The number of carbonyl (C=O) groups is 1. The summed E-state index contributed by atoms with van der Waals surface area (Å²) in [7, 11) is 0.245. The number of sulfonamides is 1. The number of hydrogen-bond acceptors (Lipinski definition) is 4. The number of likely N-dealkylation sites (N-methyl/N-ethyl adjacent to an activating group) is 1. The highest BCUT2D eigenvalue weighted by Crippen LogP contribution is 2.13. The van der Waals surface area contributed by atoms with Gasteiger partial charge in [-0.3, -0.25) is 0 Å². The van der Waals surface area contributed by atoms with Crippen molar-refractivity contribution in [2.24, 2.45) is 11.1 Å². The Morgan fingerprint density at radius 3 is 2.22 bits per heavy atom. The standard InChI is InChI=1S/C15H26N4O3S/c1-11(2)9-13(19(3)4)10-17-15(20)18-12-5-7-14(8-6-12)23(16,21)22/h5-8,11,13H,9-10H2,1-4H3,(H2,16,21,22)(H2,17,18,20). The quantitative estimate of drug-likeness (QED) is 0.697. The first-order chi connectivity index (χ1) is 10.6. The third-order valence-corrected chi connectivity index (χ3v) is 4.34. The number of nitrogens with one attached hydrogen (secondary N) is 2. The third kappa shape index (κ3) is 6.98. The minimum absolute atomic E-state index is 0.00747. The van der Waals surface area contributed by atoms with E-state index in [4.69, 9.17) is 5.14 Å². The lowest BCUT2D eigenvalue weighted by molar-refractivity contribution is 0.231. The zero-order valence-corrected chi connectivity index (χ0v) is 14.9. The molecule has 1 rings (SSSR count). The molecule has 0 aliphatic carbocycles. The van der Waals surface area contributed by atoms with Gasteiger partial charge in [0.15, 0.2) is 0 Å². The van der Waals surface area contributed by atoms with E-state index in [0.717, 1.165) is 6.42 Å². The first-order valence-corrected chi connectivity index (χ1v) is 8.98. The second kappa shape index (κ2) is 8.28. The number of benzene rings is 1. The molecular weight excluding hydrogens is 316 g/mol. The van der Waals surface area contributed by atoms with Crippen LogP contribution in [0.5, 0.6) is 0 Å². The van der Waals surface area contributed by atoms with E-state index in [1.165, 1.54) is 24.3 Å². The lowest BCUT2D eigenvalue weighted by Gasteiger charge is -2.26. The van der Waals surface area contributed by atoms with Crippen LogP contribution >= 0.6 is 0 Å². The molecule has 0 saturated carbocycles. The zero-order valence-electron chi connectivity index (χ0n) is 14.0. The normalized spacial score (nSPS) is 13.2. The summed E-state index contributed by atoms with van der Waals surface area (Å²) in [6.45, 7) is 4.82. The molecule has 23 heavy (non-hydrogen) atoms. The van der Waals surface area contributed by atoms with Crippen LogP contribution in [0.4, 0.5) is 10.5 Å². The van der Waals surface area contributed by atoms with Gasteiger partial charge >= 0.3 is 6.03 Å². The fourth-order valence-corrected chi connectivity index (χ4v) is 2.65. The van der Waals surface area contributed by atoms with E-state index in [0.29, 0.717) is 18.2 Å². The van der Waals surface area contributed by atoms with Crippen molar-refractivity contribution in [2.45, 2.75) is 31.2 Å². The van der Waals surface area contributed by atoms with E-state index in [1.54, 1.807) is 0 Å². The van der Waals surface area contributed by atoms with Gasteiger partial charge in [-0.05, 0) is 50.7 Å². The molecule has 0 spiro atoms. The molecule has 2 amide bonds. The average Bonchev–Trinajstić information content (AvgIpc) is 2.42. The van der Waals surface area contributed by atoms with Crippen LogP contribution in [0, 0.1) is 5.92 Å². The van der Waals surface area contributed by atoms with E-state index in [-0.39, 0.29) is 17.0 Å². The van der Waals surface area contributed by atoms with Crippen LogP contribution < -0.4 is 15.8 Å². The van der Waals surface area contributed by atoms with Crippen molar-refractivity contribution in [3.05, 3.63) is 24.3 Å². The molecule has 0 radical (unpaired) electrons. The number of carbonyl (C=O) groups excluding carboxylic acids is 1. The van der Waals surface area contributed by atoms with Crippen molar-refractivity contribution < 1.29 is 13.2 Å². The summed E-state index contributed by atoms with van der Waals surface area (Å²) in [4.78, 5) is 14.0. The molecule has 1 atom stereocenters. The van der Waals surface area contributed by atoms with Crippen molar-refractivity contribution >= 4 is 21.7 Å². The molecule has 7 nitrogen and oxygen atoms in total. The van der Waals surface area contributed by atoms with Crippen molar-refractivity contribution in [3.63, 3.8) is 0 Å². The van der Waals surface area contributed by atoms with E-state index in [2.05, 4.69) is 29.4 Å². The van der Waals surface area contributed by atoms with Gasteiger partial charge < -0.3 is 15.5 Å². The van der Waals surface area contributed by atoms with Crippen molar-refractivity contribution in [3.8, 4) is 0 Å². The summed E-state index contributed by atoms with van der Waals surface area (Å²) in [5.74, 6) is 0.540. The van der Waals surface area contributed by atoms with Gasteiger partial charge in [0.05, 0.1) is 4.90 Å². The Balaban J connectivity index is 2.56. The third-order valence-electron chi connectivity index (χ3n) is 3.41. The fraction of sp³-hybridized carbons (Fsp3) is 0.533. The minimum atomic E-state index is -3.72. The largest absolute Gasteiger partial charge is 0.336 e. The number of primary sulfonamides is 1. The maximum Gasteiger partial charge on any atom is 0.319 e. The monoisotopic (exact) mass is 342 g/mol. The summed E-state index contributed by atoms with van der Waals surface area (Å²) in [6, 6.07) is 5.63. The number of hydrogen-bond donors (Lipinski definition) is 3. The first-order valence-electron chi connectivity index (χ1n) is 7.43. The highest BCUT2D eigenvalue weighted by Gasteiger charge is 2.14. The Morgan fingerprint density at radius 1 is 1.22 bits per heavy atom. The molecule has 0 heterocycles. The summed E-state index contributed by atoms with van der Waals surface area (Å²) in [5.41, 5.74) is 0.500. The van der Waals surface area contributed by atoms with Gasteiger partial charge in [-0.15, -0.1) is 0 Å². The molecule has 0 saturated heterocycles. The number of nitrogens with zero attached hydrogens (tertiary/aromatic N) is 1. The van der Waals surface area contributed by atoms with Crippen molar-refractivity contribution in [2.75, 3.05) is 26.0 Å². The predicted molar refractivity (Wildman–Crippen MR) is 91.8 cm³/mol. The number of amides is 2. The number of urea groups is 1. The van der Waals surface area contributed by atoms with Crippen molar-refractivity contribution in [1.82, 2.24) is 10.2 Å². The molecule has 0 fully saturated rings. The second-order valence-electron chi connectivity index (χ2n) is 6.15. The first kappa shape index (κ1) is 19.4. The van der Waals surface area contributed by atoms with Gasteiger partial charge in [-0.25, -0.2) is 18.4 Å². The van der Waals surface area contributed by atoms with Crippen LogP contribution in [0.25, 0.3) is 0 Å². The van der Waals surface area contributed by atoms with Crippen LogP contribution in [-0.4, -0.2) is 46.0 Å². The number of rotatable bonds is 7. The van der Waals surface area contributed by atoms with E-state index in [9.17, 15) is 13.2 Å². The Labute approximate surface area is 138 Å². The lowest BCUT2D eigenvalue weighted by atomic mass is 10.0. The predicted octanol–water partition coefficient (Wildman–Crippen LogP) is 1.43. The topological polar surface area (TPSA) is 105 Å². The molecule has 130 valence electrons. The van der Waals surface area contributed by atoms with Gasteiger partial charge in [-0.1, -0.05) is 13.8 Å². The van der Waals surface area contributed by atoms with Crippen LogP contribution in [0.15, 0.2) is 29.2 Å². The summed E-state index contributed by atoms with van der Waals surface area (Å²) in [5, 5.41) is 10.5. The molecular formula is C15H26N4O3S. The maximum atomic E-state index is 11.9. The Morgan fingerprint density at radius 2 is 1.78 bits per heavy atom. The molecule has 8 heteroatoms. The summed E-state index contributed by atoms with van der Waals surface area (Å²) < 4.78 is 22.3. The SMILES string of the molecule is CC(C)CC(CNC(=O)Nc1ccc(S(N)(=O)=O)cc1)N(C)C. The molecule has 1 unspecified atom stereocenters. The van der Waals surface area contributed by atoms with Gasteiger partial charge in [0.2, 0.25) is 10.0 Å². The molecule has 0 aliphatic rings. The fourth-order valence-electron chi connectivity index (χ4n) is 2.13. The average molecular weight is 342 g/mol. The van der Waals surface area contributed by atoms with E-state index in [1.807, 2.05) is 14.1 Å². The highest BCUT2D eigenvalue weighted by molar-refractivity contribution is 7.89. The highest BCUT2D eigenvalue weighted by atomic mass is 32.2. The van der Waals surface area contributed by atoms with Gasteiger partial charge in [0.1, 0.15) is 0 Å². The summed E-state index contributed by atoms with van der Waals surface area (Å²) in [6.07, 6.45) is 0.982. The van der Waals surface area contributed by atoms with Crippen LogP contribution in [0.3, 0.4) is 0 Å². The minimum Gasteiger partial charge on any atom is -0.336 e. The number of nitrogens with two attached hydrogens (primary N) is 1. The molecule has 0 aliphatic heterocycles. The molecule has 0 bridgehead atoms. The number of anilines is 1. The van der Waals surface area contributed by atoms with Gasteiger partial charge in [0.25, 0.3) is 0 Å². The summed E-state index contributed by atoms with van der Waals surface area (Å²) >= 11 is 0. The van der Waals surface area contributed by atoms with Gasteiger partial charge in [-0.2, -0.15) is 0 Å². The van der Waals surface area contributed by atoms with E-state index < -0.39 is 10.0 Å². The molecule has 4 N–H and O–H groups in total. The Bertz CT molecular complexity index is 612. The molecule has 1 aromatic carbocycles. The van der Waals surface area contributed by atoms with Crippen LogP contribution in [-0.2, 0) is 10.0 Å². The van der Waals surface area contributed by atoms with Crippen LogP contribution in [0.2, 0.25) is 0 Å². The zero-order chi connectivity index (χ0) is 17.6. The van der Waals surface area contributed by atoms with Crippen LogP contribution in [0.1, 0.15) is 20.3 Å². The van der Waals surface area contributed by atoms with E-state index >= 15 is 0 Å². The van der Waals surface area contributed by atoms with Crippen molar-refractivity contribution in [1.29, 1.82) is 0 Å².